The van der Waals surface area contributed by atoms with Crippen LogP contribution in [0.3, 0.4) is 0 Å². The van der Waals surface area contributed by atoms with Crippen molar-refractivity contribution >= 4 is 11.3 Å². The van der Waals surface area contributed by atoms with Crippen LogP contribution in [0.2, 0.25) is 0 Å². The standard InChI is InChI=1S/C13H22N2OS/c1-9-8-17-13(15-9)12(6-14)11-4-2-10(7-16)3-5-11/h8,10-12,16H,2-7,14H2,1H3. The molecule has 2 rings (SSSR count). The molecule has 1 fully saturated rings. The summed E-state index contributed by atoms with van der Waals surface area (Å²) in [5, 5.41) is 12.5. The molecule has 3 nitrogen and oxygen atoms in total. The third kappa shape index (κ3) is 3.06. The topological polar surface area (TPSA) is 59.1 Å². The molecule has 0 spiro atoms. The molecule has 1 aromatic heterocycles. The van der Waals surface area contributed by atoms with Crippen LogP contribution in [-0.4, -0.2) is 23.2 Å². The first-order chi connectivity index (χ1) is 8.24. The number of aliphatic hydroxyl groups excluding tert-OH is 1. The van der Waals surface area contributed by atoms with Gasteiger partial charge in [-0.15, -0.1) is 11.3 Å². The molecule has 0 radical (unpaired) electrons. The summed E-state index contributed by atoms with van der Waals surface area (Å²) in [6.07, 6.45) is 4.65. The Morgan fingerprint density at radius 3 is 2.65 bits per heavy atom. The average molecular weight is 254 g/mol. The molecule has 1 saturated carbocycles. The van der Waals surface area contributed by atoms with Gasteiger partial charge in [-0.1, -0.05) is 0 Å². The molecule has 17 heavy (non-hydrogen) atoms. The number of hydrogen-bond acceptors (Lipinski definition) is 4. The van der Waals surface area contributed by atoms with Gasteiger partial charge in [-0.3, -0.25) is 0 Å². The van der Waals surface area contributed by atoms with Crippen molar-refractivity contribution < 1.29 is 5.11 Å². The van der Waals surface area contributed by atoms with Crippen molar-refractivity contribution in [3.63, 3.8) is 0 Å². The summed E-state index contributed by atoms with van der Waals surface area (Å²) in [6, 6.07) is 0. The average Bonchev–Trinajstić information content (AvgIpc) is 2.78. The fourth-order valence-electron chi connectivity index (χ4n) is 2.81. The van der Waals surface area contributed by atoms with Crippen molar-refractivity contribution in [1.29, 1.82) is 0 Å². The van der Waals surface area contributed by atoms with Gasteiger partial charge in [-0.05, 0) is 44.4 Å². The van der Waals surface area contributed by atoms with E-state index < -0.39 is 0 Å². The highest BCUT2D eigenvalue weighted by Gasteiger charge is 2.29. The van der Waals surface area contributed by atoms with E-state index in [0.29, 0.717) is 30.9 Å². The molecule has 4 heteroatoms. The van der Waals surface area contributed by atoms with E-state index in [0.717, 1.165) is 18.5 Å². The lowest BCUT2D eigenvalue weighted by Crippen LogP contribution is -2.26. The molecule has 1 atom stereocenters. The zero-order chi connectivity index (χ0) is 12.3. The maximum atomic E-state index is 9.16. The van der Waals surface area contributed by atoms with Crippen molar-refractivity contribution in [3.8, 4) is 0 Å². The van der Waals surface area contributed by atoms with Crippen LogP contribution in [0.4, 0.5) is 0 Å². The lowest BCUT2D eigenvalue weighted by Gasteiger charge is -2.31. The number of hydrogen-bond donors (Lipinski definition) is 2. The van der Waals surface area contributed by atoms with Gasteiger partial charge in [0.1, 0.15) is 0 Å². The number of nitrogens with two attached hydrogens (primary N) is 1. The Kier molecular flexibility index (Phi) is 4.54. The number of rotatable bonds is 4. The van der Waals surface area contributed by atoms with Gasteiger partial charge in [0.15, 0.2) is 0 Å². The van der Waals surface area contributed by atoms with E-state index in [4.69, 9.17) is 10.8 Å². The van der Waals surface area contributed by atoms with Gasteiger partial charge in [-0.25, -0.2) is 4.98 Å². The molecule has 1 aromatic rings. The number of aryl methyl sites for hydroxylation is 1. The molecule has 96 valence electrons. The summed E-state index contributed by atoms with van der Waals surface area (Å²) in [5.41, 5.74) is 7.03. The third-order valence-corrected chi connectivity index (χ3v) is 5.02. The predicted octanol–water partition coefficient (Wildman–Crippen LogP) is 2.29. The molecule has 0 saturated heterocycles. The monoisotopic (exact) mass is 254 g/mol. The number of aliphatic hydroxyl groups is 1. The summed E-state index contributed by atoms with van der Waals surface area (Å²) >= 11 is 1.74. The molecule has 3 N–H and O–H groups in total. The van der Waals surface area contributed by atoms with Gasteiger partial charge in [-0.2, -0.15) is 0 Å². The molecule has 1 heterocycles. The SMILES string of the molecule is Cc1csc(C(CN)C2CCC(CO)CC2)n1. The van der Waals surface area contributed by atoms with Crippen LogP contribution in [-0.2, 0) is 0 Å². The smallest absolute Gasteiger partial charge is 0.0974 e. The molecule has 1 aliphatic carbocycles. The fourth-order valence-corrected chi connectivity index (χ4v) is 3.81. The quantitative estimate of drug-likeness (QED) is 0.866. The first-order valence-corrected chi connectivity index (χ1v) is 7.35. The van der Waals surface area contributed by atoms with Crippen LogP contribution in [0.25, 0.3) is 0 Å². The largest absolute Gasteiger partial charge is 0.396 e. The van der Waals surface area contributed by atoms with E-state index in [9.17, 15) is 0 Å². The molecular weight excluding hydrogens is 232 g/mol. The van der Waals surface area contributed by atoms with E-state index in [1.165, 1.54) is 17.8 Å². The Morgan fingerprint density at radius 2 is 2.18 bits per heavy atom. The number of thiazole rings is 1. The summed E-state index contributed by atoms with van der Waals surface area (Å²) < 4.78 is 0. The van der Waals surface area contributed by atoms with Crippen LogP contribution in [0.1, 0.15) is 42.3 Å². The summed E-state index contributed by atoms with van der Waals surface area (Å²) in [6.45, 7) is 3.08. The van der Waals surface area contributed by atoms with Gasteiger partial charge in [0.25, 0.3) is 0 Å². The summed E-state index contributed by atoms with van der Waals surface area (Å²) in [7, 11) is 0. The highest BCUT2D eigenvalue weighted by Crippen LogP contribution is 2.38. The minimum Gasteiger partial charge on any atom is -0.396 e. The molecule has 0 bridgehead atoms. The third-order valence-electron chi connectivity index (χ3n) is 3.93. The Hall–Kier alpha value is -0.450. The Balaban J connectivity index is 2.00. The number of nitrogens with zero attached hydrogens (tertiary/aromatic N) is 1. The Bertz CT molecular complexity index is 345. The van der Waals surface area contributed by atoms with E-state index in [1.807, 2.05) is 6.92 Å². The fraction of sp³-hybridized carbons (Fsp3) is 0.769. The minimum absolute atomic E-state index is 0.344. The van der Waals surface area contributed by atoms with Crippen LogP contribution in [0.15, 0.2) is 5.38 Å². The maximum absolute atomic E-state index is 9.16. The zero-order valence-corrected chi connectivity index (χ0v) is 11.2. The summed E-state index contributed by atoms with van der Waals surface area (Å²) in [4.78, 5) is 4.59. The van der Waals surface area contributed by atoms with Crippen LogP contribution in [0.5, 0.6) is 0 Å². The van der Waals surface area contributed by atoms with Gasteiger partial charge in [0.05, 0.1) is 5.01 Å². The molecule has 1 unspecified atom stereocenters. The Morgan fingerprint density at radius 1 is 1.47 bits per heavy atom. The summed E-state index contributed by atoms with van der Waals surface area (Å²) in [5.74, 6) is 1.60. The Labute approximate surface area is 107 Å². The lowest BCUT2D eigenvalue weighted by molar-refractivity contribution is 0.158. The van der Waals surface area contributed by atoms with Crippen molar-refractivity contribution in [3.05, 3.63) is 16.1 Å². The minimum atomic E-state index is 0.344. The second-order valence-electron chi connectivity index (χ2n) is 5.13. The molecule has 1 aliphatic rings. The van der Waals surface area contributed by atoms with Gasteiger partial charge < -0.3 is 10.8 Å². The molecule has 0 aromatic carbocycles. The van der Waals surface area contributed by atoms with Gasteiger partial charge in [0.2, 0.25) is 0 Å². The van der Waals surface area contributed by atoms with Crippen molar-refractivity contribution in [2.24, 2.45) is 17.6 Å². The van der Waals surface area contributed by atoms with Crippen LogP contribution >= 0.6 is 11.3 Å². The van der Waals surface area contributed by atoms with Gasteiger partial charge in [0, 0.05) is 30.1 Å². The second-order valence-corrected chi connectivity index (χ2v) is 6.02. The lowest BCUT2D eigenvalue weighted by atomic mass is 9.76. The van der Waals surface area contributed by atoms with E-state index in [-0.39, 0.29) is 0 Å². The highest BCUT2D eigenvalue weighted by atomic mass is 32.1. The first kappa shape index (κ1) is 13.0. The van der Waals surface area contributed by atoms with Gasteiger partial charge >= 0.3 is 0 Å². The first-order valence-electron chi connectivity index (χ1n) is 6.47. The molecule has 0 aliphatic heterocycles. The predicted molar refractivity (Wildman–Crippen MR) is 71.2 cm³/mol. The van der Waals surface area contributed by atoms with Crippen molar-refractivity contribution in [2.75, 3.05) is 13.2 Å². The van der Waals surface area contributed by atoms with Crippen molar-refractivity contribution in [2.45, 2.75) is 38.5 Å². The van der Waals surface area contributed by atoms with E-state index in [1.54, 1.807) is 11.3 Å². The number of aromatic nitrogens is 1. The van der Waals surface area contributed by atoms with Crippen LogP contribution < -0.4 is 5.73 Å². The molecular formula is C13H22N2OS. The second kappa shape index (κ2) is 5.94. The van der Waals surface area contributed by atoms with E-state index >= 15 is 0 Å². The normalized spacial score (nSPS) is 27.0. The molecule has 0 amide bonds. The highest BCUT2D eigenvalue weighted by molar-refractivity contribution is 7.09. The zero-order valence-electron chi connectivity index (χ0n) is 10.4. The van der Waals surface area contributed by atoms with E-state index in [2.05, 4.69) is 10.4 Å². The van der Waals surface area contributed by atoms with Crippen LogP contribution in [0, 0.1) is 18.8 Å². The van der Waals surface area contributed by atoms with Crippen molar-refractivity contribution in [1.82, 2.24) is 4.98 Å². The maximum Gasteiger partial charge on any atom is 0.0974 e.